The molecule has 0 atom stereocenters. The molecule has 1 aliphatic heterocycles. The van der Waals surface area contributed by atoms with E-state index in [-0.39, 0.29) is 23.5 Å². The highest BCUT2D eigenvalue weighted by atomic mass is 79.9. The van der Waals surface area contributed by atoms with Crippen molar-refractivity contribution in [3.8, 4) is 0 Å². The molecule has 2 heterocycles. The average molecular weight is 495 g/mol. The van der Waals surface area contributed by atoms with E-state index in [4.69, 9.17) is 0 Å². The number of benzene rings is 2. The van der Waals surface area contributed by atoms with E-state index in [9.17, 15) is 14.4 Å². The first kappa shape index (κ1) is 22.0. The van der Waals surface area contributed by atoms with Crippen LogP contribution in [0.25, 0.3) is 0 Å². The number of imidazole rings is 1. The standard InChI is InChI=1S/C24H23BrN4O3/c1-28-15-12-26-22(28)21(30)16-4-8-20(9-5-16)27-23(31)17-10-13-29(14-11-17)24(32)18-2-6-19(25)7-3-18/h2-9,12,15,17H,10-11,13-14H2,1H3,(H,27,31). The molecule has 2 amide bonds. The van der Waals surface area contributed by atoms with Crippen LogP contribution in [0.3, 0.4) is 0 Å². The van der Waals surface area contributed by atoms with E-state index in [0.717, 1.165) is 4.47 Å². The number of anilines is 1. The van der Waals surface area contributed by atoms with Crippen LogP contribution in [-0.4, -0.2) is 45.1 Å². The van der Waals surface area contributed by atoms with E-state index in [1.807, 2.05) is 12.1 Å². The zero-order chi connectivity index (χ0) is 22.7. The number of nitrogens with zero attached hydrogens (tertiary/aromatic N) is 3. The van der Waals surface area contributed by atoms with Crippen molar-refractivity contribution in [2.45, 2.75) is 12.8 Å². The van der Waals surface area contributed by atoms with Gasteiger partial charge in [-0.3, -0.25) is 14.4 Å². The van der Waals surface area contributed by atoms with E-state index < -0.39 is 0 Å². The maximum absolute atomic E-state index is 12.7. The zero-order valence-electron chi connectivity index (χ0n) is 17.6. The number of carbonyl (C=O) groups excluding carboxylic acids is 3. The molecule has 1 N–H and O–H groups in total. The van der Waals surface area contributed by atoms with E-state index in [1.54, 1.807) is 65.3 Å². The van der Waals surface area contributed by atoms with Crippen LogP contribution in [0.15, 0.2) is 65.4 Å². The van der Waals surface area contributed by atoms with E-state index in [1.165, 1.54) is 0 Å². The number of piperidine rings is 1. The minimum Gasteiger partial charge on any atom is -0.339 e. The van der Waals surface area contributed by atoms with Gasteiger partial charge in [-0.15, -0.1) is 0 Å². The molecule has 8 heteroatoms. The Kier molecular flexibility index (Phi) is 6.50. The number of rotatable bonds is 5. The Balaban J connectivity index is 1.31. The molecule has 0 spiro atoms. The van der Waals surface area contributed by atoms with E-state index in [2.05, 4.69) is 26.2 Å². The molecule has 2 aromatic carbocycles. The van der Waals surface area contributed by atoms with Gasteiger partial charge >= 0.3 is 0 Å². The molecule has 1 aromatic heterocycles. The molecule has 0 saturated carbocycles. The molecule has 32 heavy (non-hydrogen) atoms. The number of aromatic nitrogens is 2. The van der Waals surface area contributed by atoms with Crippen LogP contribution in [0.5, 0.6) is 0 Å². The van der Waals surface area contributed by atoms with Crippen molar-refractivity contribution < 1.29 is 14.4 Å². The van der Waals surface area contributed by atoms with Gasteiger partial charge in [-0.2, -0.15) is 0 Å². The number of carbonyl (C=O) groups is 3. The third kappa shape index (κ3) is 4.80. The van der Waals surface area contributed by atoms with Crippen LogP contribution in [0.4, 0.5) is 5.69 Å². The number of aryl methyl sites for hydroxylation is 1. The van der Waals surface area contributed by atoms with Gasteiger partial charge < -0.3 is 14.8 Å². The monoisotopic (exact) mass is 494 g/mol. The highest BCUT2D eigenvalue weighted by molar-refractivity contribution is 9.10. The predicted molar refractivity (Wildman–Crippen MR) is 124 cm³/mol. The maximum Gasteiger partial charge on any atom is 0.253 e. The van der Waals surface area contributed by atoms with Gasteiger partial charge in [0.1, 0.15) is 0 Å². The number of hydrogen-bond acceptors (Lipinski definition) is 4. The van der Waals surface area contributed by atoms with Crippen molar-refractivity contribution >= 4 is 39.2 Å². The van der Waals surface area contributed by atoms with Crippen LogP contribution in [0, 0.1) is 5.92 Å². The lowest BCUT2D eigenvalue weighted by Gasteiger charge is -2.31. The molecular formula is C24H23BrN4O3. The van der Waals surface area contributed by atoms with E-state index >= 15 is 0 Å². The van der Waals surface area contributed by atoms with Crippen LogP contribution in [0.2, 0.25) is 0 Å². The maximum atomic E-state index is 12.7. The summed E-state index contributed by atoms with van der Waals surface area (Å²) in [5.74, 6) is -0.0319. The van der Waals surface area contributed by atoms with Crippen molar-refractivity contribution in [1.29, 1.82) is 0 Å². The third-order valence-corrected chi connectivity index (χ3v) is 6.21. The topological polar surface area (TPSA) is 84.3 Å². The first-order valence-corrected chi connectivity index (χ1v) is 11.2. The van der Waals surface area contributed by atoms with Crippen molar-refractivity contribution in [2.75, 3.05) is 18.4 Å². The minimum absolute atomic E-state index is 0.00988. The molecule has 4 rings (SSSR count). The lowest BCUT2D eigenvalue weighted by Crippen LogP contribution is -2.41. The van der Waals surface area contributed by atoms with Crippen molar-refractivity contribution in [3.63, 3.8) is 0 Å². The summed E-state index contributed by atoms with van der Waals surface area (Å²) in [4.78, 5) is 43.7. The van der Waals surface area contributed by atoms with Gasteiger partial charge in [0.05, 0.1) is 0 Å². The Hall–Kier alpha value is -3.26. The zero-order valence-corrected chi connectivity index (χ0v) is 19.2. The number of hydrogen-bond donors (Lipinski definition) is 1. The number of amides is 2. The Bertz CT molecular complexity index is 1130. The molecule has 0 aliphatic carbocycles. The minimum atomic E-state index is -0.168. The summed E-state index contributed by atoms with van der Waals surface area (Å²) < 4.78 is 2.60. The Morgan fingerprint density at radius 3 is 2.19 bits per heavy atom. The van der Waals surface area contributed by atoms with Gasteiger partial charge in [0.25, 0.3) is 5.91 Å². The summed E-state index contributed by atoms with van der Waals surface area (Å²) in [5.41, 5.74) is 1.80. The summed E-state index contributed by atoms with van der Waals surface area (Å²) >= 11 is 3.37. The number of ketones is 1. The summed E-state index contributed by atoms with van der Waals surface area (Å²) in [6, 6.07) is 14.1. The Morgan fingerprint density at radius 2 is 1.59 bits per heavy atom. The third-order valence-electron chi connectivity index (χ3n) is 5.68. The molecule has 0 bridgehead atoms. The second kappa shape index (κ2) is 9.48. The van der Waals surface area contributed by atoms with Crippen LogP contribution in [0.1, 0.15) is 39.4 Å². The molecule has 0 radical (unpaired) electrons. The van der Waals surface area contributed by atoms with Gasteiger partial charge in [0.2, 0.25) is 11.7 Å². The predicted octanol–water partition coefficient (Wildman–Crippen LogP) is 3.90. The molecule has 1 saturated heterocycles. The Morgan fingerprint density at radius 1 is 0.969 bits per heavy atom. The van der Waals surface area contributed by atoms with Gasteiger partial charge in [0.15, 0.2) is 5.82 Å². The lowest BCUT2D eigenvalue weighted by molar-refractivity contribution is -0.121. The molecule has 3 aromatic rings. The van der Waals surface area contributed by atoms with Gasteiger partial charge in [-0.05, 0) is 61.4 Å². The van der Waals surface area contributed by atoms with E-state index in [0.29, 0.717) is 48.6 Å². The van der Waals surface area contributed by atoms with Crippen LogP contribution >= 0.6 is 15.9 Å². The molecule has 1 aliphatic rings. The average Bonchev–Trinajstić information content (AvgIpc) is 3.25. The second-order valence-corrected chi connectivity index (χ2v) is 8.75. The fourth-order valence-corrected chi connectivity index (χ4v) is 4.05. The Labute approximate surface area is 194 Å². The number of likely N-dealkylation sites (tertiary alicyclic amines) is 1. The van der Waals surface area contributed by atoms with Gasteiger partial charge in [-0.1, -0.05) is 15.9 Å². The molecule has 1 fully saturated rings. The van der Waals surface area contributed by atoms with Crippen molar-refractivity contribution in [2.24, 2.45) is 13.0 Å². The smallest absolute Gasteiger partial charge is 0.253 e. The summed E-state index contributed by atoms with van der Waals surface area (Å²) in [5, 5.41) is 2.93. The summed E-state index contributed by atoms with van der Waals surface area (Å²) in [7, 11) is 1.77. The highest BCUT2D eigenvalue weighted by Gasteiger charge is 2.28. The number of halogens is 1. The van der Waals surface area contributed by atoms with Crippen molar-refractivity contribution in [3.05, 3.63) is 82.3 Å². The SMILES string of the molecule is Cn1ccnc1C(=O)c1ccc(NC(=O)C2CCN(C(=O)c3ccc(Br)cc3)CC2)cc1. The fraction of sp³-hybridized carbons (Fsp3) is 0.250. The quantitative estimate of drug-likeness (QED) is 0.545. The summed E-state index contributed by atoms with van der Waals surface area (Å²) in [6.07, 6.45) is 4.53. The largest absolute Gasteiger partial charge is 0.339 e. The van der Waals surface area contributed by atoms with Crippen LogP contribution < -0.4 is 5.32 Å². The molecular weight excluding hydrogens is 472 g/mol. The first-order valence-electron chi connectivity index (χ1n) is 10.4. The molecule has 0 unspecified atom stereocenters. The number of nitrogens with one attached hydrogen (secondary N) is 1. The molecule has 7 nitrogen and oxygen atoms in total. The van der Waals surface area contributed by atoms with Gasteiger partial charge in [0, 0.05) is 59.7 Å². The fourth-order valence-electron chi connectivity index (χ4n) is 3.78. The van der Waals surface area contributed by atoms with Crippen molar-refractivity contribution in [1.82, 2.24) is 14.5 Å². The normalized spacial score (nSPS) is 14.2. The molecule has 164 valence electrons. The second-order valence-electron chi connectivity index (χ2n) is 7.83. The first-order chi connectivity index (χ1) is 15.4. The van der Waals surface area contributed by atoms with Gasteiger partial charge in [-0.25, -0.2) is 4.98 Å². The summed E-state index contributed by atoms with van der Waals surface area (Å²) in [6.45, 7) is 1.09. The van der Waals surface area contributed by atoms with Crippen LogP contribution in [-0.2, 0) is 11.8 Å². The lowest BCUT2D eigenvalue weighted by atomic mass is 9.95. The highest BCUT2D eigenvalue weighted by Crippen LogP contribution is 2.22.